The second kappa shape index (κ2) is 5.58. The van der Waals surface area contributed by atoms with Crippen LogP contribution in [0.2, 0.25) is 0 Å². The first-order valence-corrected chi connectivity index (χ1v) is 5.32. The molecule has 0 spiro atoms. The van der Waals surface area contributed by atoms with Gasteiger partial charge in [-0.05, 0) is 25.8 Å². The Kier molecular flexibility index (Phi) is 4.70. The summed E-state index contributed by atoms with van der Waals surface area (Å²) in [5.41, 5.74) is 5.54. The highest BCUT2D eigenvalue weighted by molar-refractivity contribution is 4.75. The highest BCUT2D eigenvalue weighted by Gasteiger charge is 2.25. The van der Waals surface area contributed by atoms with Crippen molar-refractivity contribution in [2.45, 2.75) is 26.4 Å². The van der Waals surface area contributed by atoms with E-state index in [1.807, 2.05) is 0 Å². The third kappa shape index (κ3) is 3.25. The zero-order valence-electron chi connectivity index (χ0n) is 8.83. The van der Waals surface area contributed by atoms with Crippen LogP contribution >= 0.6 is 0 Å². The van der Waals surface area contributed by atoms with E-state index in [-0.39, 0.29) is 0 Å². The van der Waals surface area contributed by atoms with Crippen LogP contribution in [0.3, 0.4) is 0 Å². The van der Waals surface area contributed by atoms with Crippen LogP contribution in [-0.4, -0.2) is 43.8 Å². The minimum absolute atomic E-state index is 0.437. The molecule has 1 aliphatic rings. The van der Waals surface area contributed by atoms with Crippen molar-refractivity contribution >= 4 is 0 Å². The van der Waals surface area contributed by atoms with Crippen LogP contribution in [0, 0.1) is 5.92 Å². The van der Waals surface area contributed by atoms with Crippen LogP contribution < -0.4 is 5.73 Å². The van der Waals surface area contributed by atoms with Gasteiger partial charge in [0, 0.05) is 26.2 Å². The Labute approximate surface area is 81.2 Å². The van der Waals surface area contributed by atoms with Gasteiger partial charge in [-0.1, -0.05) is 6.92 Å². The summed E-state index contributed by atoms with van der Waals surface area (Å²) in [6, 6.07) is 0. The first-order chi connectivity index (χ1) is 6.27. The Morgan fingerprint density at radius 2 is 2.31 bits per heavy atom. The molecule has 0 amide bonds. The number of hydrogen-bond donors (Lipinski definition) is 1. The number of likely N-dealkylation sites (N-methyl/N-ethyl adjacent to an activating group) is 1. The minimum atomic E-state index is 0.437. The maximum atomic E-state index is 5.54. The normalized spacial score (nSPS) is 28.6. The Balaban J connectivity index is 2.27. The van der Waals surface area contributed by atoms with E-state index in [4.69, 9.17) is 10.5 Å². The van der Waals surface area contributed by atoms with Gasteiger partial charge < -0.3 is 15.4 Å². The second-order valence-electron chi connectivity index (χ2n) is 3.81. The zero-order valence-corrected chi connectivity index (χ0v) is 8.83. The Bertz CT molecular complexity index is 141. The Morgan fingerprint density at radius 3 is 2.77 bits per heavy atom. The molecule has 1 rings (SSSR count). The van der Waals surface area contributed by atoms with Gasteiger partial charge in [0.05, 0.1) is 6.10 Å². The highest BCUT2D eigenvalue weighted by atomic mass is 16.5. The van der Waals surface area contributed by atoms with Crippen molar-refractivity contribution in [3.05, 3.63) is 0 Å². The molecule has 0 aliphatic carbocycles. The van der Waals surface area contributed by atoms with Gasteiger partial charge in [0.1, 0.15) is 0 Å². The third-order valence-corrected chi connectivity index (χ3v) is 2.92. The molecule has 0 aromatic heterocycles. The fourth-order valence-electron chi connectivity index (χ4n) is 1.91. The van der Waals surface area contributed by atoms with Gasteiger partial charge in [-0.2, -0.15) is 0 Å². The standard InChI is InChI=1S/C10H22N2O/c1-3-12(6-5-11)8-10-4-7-13-9(10)2/h9-10H,3-8,11H2,1-2H3. The van der Waals surface area contributed by atoms with E-state index >= 15 is 0 Å². The van der Waals surface area contributed by atoms with Crippen molar-refractivity contribution in [2.24, 2.45) is 11.7 Å². The molecule has 2 unspecified atom stereocenters. The molecule has 0 aromatic rings. The molecular formula is C10H22N2O. The molecule has 2 atom stereocenters. The predicted octanol–water partition coefficient (Wildman–Crippen LogP) is 0.692. The summed E-state index contributed by atoms with van der Waals surface area (Å²) in [7, 11) is 0. The fraction of sp³-hybridized carbons (Fsp3) is 1.00. The molecule has 3 heteroatoms. The molecule has 2 N–H and O–H groups in total. The molecule has 0 saturated carbocycles. The van der Waals surface area contributed by atoms with Crippen LogP contribution in [-0.2, 0) is 4.74 Å². The number of ether oxygens (including phenoxy) is 1. The molecule has 13 heavy (non-hydrogen) atoms. The lowest BCUT2D eigenvalue weighted by Gasteiger charge is -2.24. The summed E-state index contributed by atoms with van der Waals surface area (Å²) < 4.78 is 5.53. The zero-order chi connectivity index (χ0) is 9.68. The quantitative estimate of drug-likeness (QED) is 0.686. The molecule has 0 radical (unpaired) electrons. The van der Waals surface area contributed by atoms with Crippen molar-refractivity contribution in [1.29, 1.82) is 0 Å². The average Bonchev–Trinajstić information content (AvgIpc) is 2.51. The number of hydrogen-bond acceptors (Lipinski definition) is 3. The largest absolute Gasteiger partial charge is 0.378 e. The first kappa shape index (κ1) is 11.0. The average molecular weight is 186 g/mol. The van der Waals surface area contributed by atoms with E-state index in [0.29, 0.717) is 12.0 Å². The number of nitrogens with zero attached hydrogens (tertiary/aromatic N) is 1. The fourth-order valence-corrected chi connectivity index (χ4v) is 1.91. The van der Waals surface area contributed by atoms with E-state index in [1.54, 1.807) is 0 Å². The highest BCUT2D eigenvalue weighted by Crippen LogP contribution is 2.21. The lowest BCUT2D eigenvalue weighted by Crippen LogP contribution is -2.35. The molecule has 1 fully saturated rings. The Hall–Kier alpha value is -0.120. The summed E-state index contributed by atoms with van der Waals surface area (Å²) in [5, 5.41) is 0. The summed E-state index contributed by atoms with van der Waals surface area (Å²) >= 11 is 0. The maximum Gasteiger partial charge on any atom is 0.0588 e. The lowest BCUT2D eigenvalue weighted by molar-refractivity contribution is 0.0936. The van der Waals surface area contributed by atoms with E-state index < -0.39 is 0 Å². The molecule has 1 aliphatic heterocycles. The van der Waals surface area contributed by atoms with Gasteiger partial charge in [0.2, 0.25) is 0 Å². The number of nitrogens with two attached hydrogens (primary N) is 1. The lowest BCUT2D eigenvalue weighted by atomic mass is 10.0. The van der Waals surface area contributed by atoms with Crippen LogP contribution in [0.25, 0.3) is 0 Å². The Morgan fingerprint density at radius 1 is 1.54 bits per heavy atom. The van der Waals surface area contributed by atoms with E-state index in [0.717, 1.165) is 32.8 Å². The topological polar surface area (TPSA) is 38.5 Å². The van der Waals surface area contributed by atoms with E-state index in [1.165, 1.54) is 6.42 Å². The smallest absolute Gasteiger partial charge is 0.0588 e. The van der Waals surface area contributed by atoms with Crippen LogP contribution in [0.5, 0.6) is 0 Å². The van der Waals surface area contributed by atoms with Crippen molar-refractivity contribution in [3.8, 4) is 0 Å². The SMILES string of the molecule is CCN(CCN)CC1CCOC1C. The molecule has 3 nitrogen and oxygen atoms in total. The third-order valence-electron chi connectivity index (χ3n) is 2.92. The van der Waals surface area contributed by atoms with Crippen LogP contribution in [0.1, 0.15) is 20.3 Å². The van der Waals surface area contributed by atoms with Gasteiger partial charge in [-0.15, -0.1) is 0 Å². The van der Waals surface area contributed by atoms with Crippen molar-refractivity contribution in [3.63, 3.8) is 0 Å². The van der Waals surface area contributed by atoms with Crippen molar-refractivity contribution in [2.75, 3.05) is 32.8 Å². The monoisotopic (exact) mass is 186 g/mol. The molecule has 1 saturated heterocycles. The second-order valence-corrected chi connectivity index (χ2v) is 3.81. The van der Waals surface area contributed by atoms with Crippen LogP contribution in [0.4, 0.5) is 0 Å². The predicted molar refractivity (Wildman–Crippen MR) is 54.7 cm³/mol. The van der Waals surface area contributed by atoms with Crippen LogP contribution in [0.15, 0.2) is 0 Å². The molecule has 0 bridgehead atoms. The maximum absolute atomic E-state index is 5.54. The van der Waals surface area contributed by atoms with Gasteiger partial charge >= 0.3 is 0 Å². The van der Waals surface area contributed by atoms with Gasteiger partial charge in [0.25, 0.3) is 0 Å². The van der Waals surface area contributed by atoms with E-state index in [9.17, 15) is 0 Å². The number of rotatable bonds is 5. The molecule has 0 aromatic carbocycles. The van der Waals surface area contributed by atoms with Gasteiger partial charge in [-0.3, -0.25) is 0 Å². The molecule has 1 heterocycles. The van der Waals surface area contributed by atoms with Crippen molar-refractivity contribution in [1.82, 2.24) is 4.90 Å². The minimum Gasteiger partial charge on any atom is -0.378 e. The summed E-state index contributed by atoms with van der Waals surface area (Å²) in [5.74, 6) is 0.714. The van der Waals surface area contributed by atoms with Crippen molar-refractivity contribution < 1.29 is 4.74 Å². The summed E-state index contributed by atoms with van der Waals surface area (Å²) in [4.78, 5) is 2.41. The first-order valence-electron chi connectivity index (χ1n) is 5.32. The summed E-state index contributed by atoms with van der Waals surface area (Å²) in [6.45, 7) is 9.32. The molecular weight excluding hydrogens is 164 g/mol. The molecule has 78 valence electrons. The van der Waals surface area contributed by atoms with Gasteiger partial charge in [-0.25, -0.2) is 0 Å². The van der Waals surface area contributed by atoms with Gasteiger partial charge in [0.15, 0.2) is 0 Å². The summed E-state index contributed by atoms with van der Waals surface area (Å²) in [6.07, 6.45) is 1.65. The van der Waals surface area contributed by atoms with E-state index in [2.05, 4.69) is 18.7 Å².